The third-order valence-electron chi connectivity index (χ3n) is 2.65. The number of phenols is 1. The van der Waals surface area contributed by atoms with Crippen LogP contribution in [0, 0.1) is 0 Å². The van der Waals surface area contributed by atoms with Crippen LogP contribution in [0.25, 0.3) is 0 Å². The van der Waals surface area contributed by atoms with Gasteiger partial charge in [-0.1, -0.05) is 6.08 Å². The minimum absolute atomic E-state index is 0.0232. The molecule has 0 fully saturated rings. The Bertz CT molecular complexity index is 505. The van der Waals surface area contributed by atoms with E-state index in [0.717, 1.165) is 4.90 Å². The van der Waals surface area contributed by atoms with Crippen LogP contribution >= 0.6 is 0 Å². The standard InChI is InChI=1S/C12H11NO3/c1-3-4-7-5-8-9(6-10(7)14)12(16)13(2)11(8)15/h3,5-6,14H,1,4H2,2H3. The van der Waals surface area contributed by atoms with E-state index in [0.29, 0.717) is 17.5 Å². The SMILES string of the molecule is C=CCc1cc2c(cc1O)C(=O)N(C)C2=O. The monoisotopic (exact) mass is 217 g/mol. The number of amides is 2. The van der Waals surface area contributed by atoms with E-state index in [1.54, 1.807) is 12.1 Å². The minimum Gasteiger partial charge on any atom is -0.508 e. The number of rotatable bonds is 2. The van der Waals surface area contributed by atoms with Gasteiger partial charge < -0.3 is 5.11 Å². The predicted molar refractivity (Wildman–Crippen MR) is 58.4 cm³/mol. The lowest BCUT2D eigenvalue weighted by Crippen LogP contribution is -2.24. The van der Waals surface area contributed by atoms with Crippen LogP contribution in [0.5, 0.6) is 5.75 Å². The first kappa shape index (κ1) is 10.4. The predicted octanol–water partition coefficient (Wildman–Crippen LogP) is 1.35. The molecule has 1 heterocycles. The summed E-state index contributed by atoms with van der Waals surface area (Å²) in [5, 5.41) is 9.67. The van der Waals surface area contributed by atoms with Crippen LogP contribution in [0.3, 0.4) is 0 Å². The Hall–Kier alpha value is -2.10. The number of imide groups is 1. The van der Waals surface area contributed by atoms with Gasteiger partial charge in [0.2, 0.25) is 0 Å². The molecular formula is C12H11NO3. The molecule has 82 valence electrons. The van der Waals surface area contributed by atoms with Gasteiger partial charge >= 0.3 is 0 Å². The Morgan fingerprint density at radius 2 is 1.88 bits per heavy atom. The molecule has 1 aromatic carbocycles. The van der Waals surface area contributed by atoms with Gasteiger partial charge in [0.1, 0.15) is 5.75 Å². The molecule has 1 aliphatic rings. The van der Waals surface area contributed by atoms with Crippen molar-refractivity contribution in [3.8, 4) is 5.75 Å². The van der Waals surface area contributed by atoms with Crippen molar-refractivity contribution in [3.63, 3.8) is 0 Å². The second-order valence-corrected chi connectivity index (χ2v) is 3.69. The normalized spacial score (nSPS) is 14.2. The zero-order valence-electron chi connectivity index (χ0n) is 8.86. The number of carbonyl (C=O) groups is 2. The maximum Gasteiger partial charge on any atom is 0.261 e. The zero-order chi connectivity index (χ0) is 11.9. The van der Waals surface area contributed by atoms with Crippen LogP contribution in [0.15, 0.2) is 24.8 Å². The van der Waals surface area contributed by atoms with E-state index in [-0.39, 0.29) is 23.1 Å². The summed E-state index contributed by atoms with van der Waals surface area (Å²) < 4.78 is 0. The van der Waals surface area contributed by atoms with Gasteiger partial charge in [-0.15, -0.1) is 6.58 Å². The largest absolute Gasteiger partial charge is 0.508 e. The van der Waals surface area contributed by atoms with Gasteiger partial charge in [-0.2, -0.15) is 0 Å². The Balaban J connectivity index is 2.60. The number of nitrogens with zero attached hydrogens (tertiary/aromatic N) is 1. The van der Waals surface area contributed by atoms with Gasteiger partial charge in [0.15, 0.2) is 0 Å². The van der Waals surface area contributed by atoms with E-state index >= 15 is 0 Å². The Morgan fingerprint density at radius 1 is 1.31 bits per heavy atom. The second-order valence-electron chi connectivity index (χ2n) is 3.69. The number of phenolic OH excluding ortho intramolecular Hbond substituents is 1. The highest BCUT2D eigenvalue weighted by molar-refractivity contribution is 6.21. The van der Waals surface area contributed by atoms with Crippen molar-refractivity contribution < 1.29 is 14.7 Å². The summed E-state index contributed by atoms with van der Waals surface area (Å²) in [5.41, 5.74) is 1.21. The van der Waals surface area contributed by atoms with Gasteiger partial charge in [0.25, 0.3) is 11.8 Å². The molecule has 0 radical (unpaired) electrons. The van der Waals surface area contributed by atoms with Crippen LogP contribution in [-0.2, 0) is 6.42 Å². The number of fused-ring (bicyclic) bond motifs is 1. The molecule has 0 spiro atoms. The first-order valence-electron chi connectivity index (χ1n) is 4.85. The van der Waals surface area contributed by atoms with E-state index in [9.17, 15) is 14.7 Å². The molecule has 0 unspecified atom stereocenters. The highest BCUT2D eigenvalue weighted by atomic mass is 16.3. The smallest absolute Gasteiger partial charge is 0.261 e. The second kappa shape index (κ2) is 3.48. The number of carbonyl (C=O) groups excluding carboxylic acids is 2. The van der Waals surface area contributed by atoms with E-state index in [1.165, 1.54) is 13.1 Å². The summed E-state index contributed by atoms with van der Waals surface area (Å²) in [6, 6.07) is 2.90. The molecular weight excluding hydrogens is 206 g/mol. The van der Waals surface area contributed by atoms with E-state index in [4.69, 9.17) is 0 Å². The lowest BCUT2D eigenvalue weighted by atomic mass is 10.0. The number of allylic oxidation sites excluding steroid dienone is 1. The molecule has 2 rings (SSSR count). The molecule has 0 bridgehead atoms. The van der Waals surface area contributed by atoms with Gasteiger partial charge in [-0.05, 0) is 24.1 Å². The van der Waals surface area contributed by atoms with E-state index < -0.39 is 0 Å². The molecule has 0 saturated carbocycles. The van der Waals surface area contributed by atoms with Gasteiger partial charge in [0, 0.05) is 7.05 Å². The number of hydrogen-bond acceptors (Lipinski definition) is 3. The molecule has 4 nitrogen and oxygen atoms in total. The Morgan fingerprint density at radius 3 is 2.44 bits per heavy atom. The Kier molecular flexibility index (Phi) is 2.27. The molecule has 4 heteroatoms. The molecule has 1 N–H and O–H groups in total. The highest BCUT2D eigenvalue weighted by Gasteiger charge is 2.33. The first-order chi connectivity index (χ1) is 7.56. The summed E-state index contributed by atoms with van der Waals surface area (Å²) in [6.45, 7) is 3.57. The van der Waals surface area contributed by atoms with E-state index in [1.807, 2.05) is 0 Å². The van der Waals surface area contributed by atoms with Crippen LogP contribution in [0.2, 0.25) is 0 Å². The maximum absolute atomic E-state index is 11.7. The number of hydrogen-bond donors (Lipinski definition) is 1. The molecule has 0 atom stereocenters. The third-order valence-corrected chi connectivity index (χ3v) is 2.65. The van der Waals surface area contributed by atoms with Crippen molar-refractivity contribution in [1.29, 1.82) is 0 Å². The van der Waals surface area contributed by atoms with Crippen molar-refractivity contribution in [2.24, 2.45) is 0 Å². The zero-order valence-corrected chi connectivity index (χ0v) is 8.86. The number of aromatic hydroxyl groups is 1. The quantitative estimate of drug-likeness (QED) is 0.601. The molecule has 16 heavy (non-hydrogen) atoms. The molecule has 0 saturated heterocycles. The first-order valence-corrected chi connectivity index (χ1v) is 4.85. The third kappa shape index (κ3) is 1.31. The summed E-state index contributed by atoms with van der Waals surface area (Å²) in [4.78, 5) is 24.3. The number of benzene rings is 1. The van der Waals surface area contributed by atoms with Crippen LogP contribution in [0.1, 0.15) is 26.3 Å². The average Bonchev–Trinajstić information content (AvgIpc) is 2.46. The van der Waals surface area contributed by atoms with Crippen molar-refractivity contribution in [3.05, 3.63) is 41.5 Å². The van der Waals surface area contributed by atoms with E-state index in [2.05, 4.69) is 6.58 Å². The lowest BCUT2D eigenvalue weighted by molar-refractivity contribution is 0.0693. The fraction of sp³-hybridized carbons (Fsp3) is 0.167. The van der Waals surface area contributed by atoms with Crippen molar-refractivity contribution >= 4 is 11.8 Å². The summed E-state index contributed by atoms with van der Waals surface area (Å²) in [6.07, 6.45) is 2.09. The average molecular weight is 217 g/mol. The molecule has 1 aliphatic heterocycles. The van der Waals surface area contributed by atoms with Crippen molar-refractivity contribution in [2.75, 3.05) is 7.05 Å². The minimum atomic E-state index is -0.375. The molecule has 2 amide bonds. The fourth-order valence-electron chi connectivity index (χ4n) is 1.76. The molecule has 1 aromatic rings. The fourth-order valence-corrected chi connectivity index (χ4v) is 1.76. The van der Waals surface area contributed by atoms with Crippen LogP contribution in [-0.4, -0.2) is 28.9 Å². The summed E-state index contributed by atoms with van der Waals surface area (Å²) >= 11 is 0. The van der Waals surface area contributed by atoms with Crippen LogP contribution in [0.4, 0.5) is 0 Å². The van der Waals surface area contributed by atoms with Crippen molar-refractivity contribution in [2.45, 2.75) is 6.42 Å². The molecule has 0 aliphatic carbocycles. The molecule has 0 aromatic heterocycles. The maximum atomic E-state index is 11.7. The van der Waals surface area contributed by atoms with Crippen molar-refractivity contribution in [1.82, 2.24) is 4.90 Å². The van der Waals surface area contributed by atoms with Crippen LogP contribution < -0.4 is 0 Å². The van der Waals surface area contributed by atoms with Gasteiger partial charge in [0.05, 0.1) is 11.1 Å². The summed E-state index contributed by atoms with van der Waals surface area (Å²) in [7, 11) is 1.43. The summed E-state index contributed by atoms with van der Waals surface area (Å²) in [5.74, 6) is -0.680. The lowest BCUT2D eigenvalue weighted by Gasteiger charge is -2.03. The van der Waals surface area contributed by atoms with Gasteiger partial charge in [-0.3, -0.25) is 14.5 Å². The topological polar surface area (TPSA) is 57.6 Å². The van der Waals surface area contributed by atoms with Gasteiger partial charge in [-0.25, -0.2) is 0 Å². The Labute approximate surface area is 92.8 Å². The highest BCUT2D eigenvalue weighted by Crippen LogP contribution is 2.29.